The zero-order chi connectivity index (χ0) is 42.4. The Kier molecular flexibility index (Phi) is 11.4. The summed E-state index contributed by atoms with van der Waals surface area (Å²) in [6.07, 6.45) is 2.29. The van der Waals surface area contributed by atoms with Gasteiger partial charge in [-0.1, -0.05) is 55.4 Å². The van der Waals surface area contributed by atoms with Crippen LogP contribution >= 0.6 is 11.3 Å². The molecular weight excluding hydrogens is 791 g/mol. The fourth-order valence-electron chi connectivity index (χ4n) is 9.44. The number of thiazole rings is 1. The molecule has 0 saturated carbocycles. The third-order valence-corrected chi connectivity index (χ3v) is 13.8. The van der Waals surface area contributed by atoms with E-state index in [1.54, 1.807) is 23.5 Å². The Bertz CT molecular complexity index is 2520. The van der Waals surface area contributed by atoms with Gasteiger partial charge in [-0.2, -0.15) is 0 Å². The van der Waals surface area contributed by atoms with Crippen molar-refractivity contribution in [3.63, 3.8) is 0 Å². The van der Waals surface area contributed by atoms with Crippen LogP contribution in [0.4, 0.5) is 5.82 Å². The molecule has 0 radical (unpaired) electrons. The highest BCUT2D eigenvalue weighted by atomic mass is 32.1. The minimum atomic E-state index is -0.803. The number of aryl methyl sites for hydroxylation is 1. The molecule has 3 aliphatic rings. The number of phenols is 1. The van der Waals surface area contributed by atoms with Crippen LogP contribution in [-0.2, 0) is 22.6 Å². The first kappa shape index (κ1) is 40.7. The minimum Gasteiger partial charge on any atom is -0.507 e. The standard InChI is InChI=1S/C46H53N9O5S/c1-26(2)42(46(59)55-23-32(56)19-38(55)45(58)48-27(3)30-9-11-31(12-10-30)43-28(4)47-25-61-43)40-21-41(52-60-40)54-17-13-29(14-18-54)22-53-16-15-36-35(24-53)34-20-37(50-51-44(34)49-36)33-7-5-6-8-39(33)57/h5-12,20-21,25-27,29,32,38,42,56-57H,13-19,22-24H2,1-4H3,(H,48,58)(H,49,51)/t27-,32+,38-,42+/m0/s1. The van der Waals surface area contributed by atoms with Crippen molar-refractivity contribution in [1.82, 2.24) is 40.4 Å². The van der Waals surface area contributed by atoms with Crippen molar-refractivity contribution in [1.29, 1.82) is 0 Å². The highest BCUT2D eigenvalue weighted by Crippen LogP contribution is 2.36. The highest BCUT2D eigenvalue weighted by molar-refractivity contribution is 7.13. The number of hydrogen-bond donors (Lipinski definition) is 4. The molecular formula is C46H53N9O5S. The van der Waals surface area contributed by atoms with Gasteiger partial charge in [0.15, 0.2) is 17.2 Å². The number of carbonyl (C=O) groups excluding carboxylic acids is 2. The maximum Gasteiger partial charge on any atom is 0.243 e. The van der Waals surface area contributed by atoms with Crippen molar-refractivity contribution in [2.75, 3.05) is 37.6 Å². The number of H-pyrrole nitrogens is 1. The molecule has 2 amide bonds. The van der Waals surface area contributed by atoms with E-state index in [2.05, 4.69) is 40.4 Å². The van der Waals surface area contributed by atoms with E-state index in [0.29, 0.717) is 22.9 Å². The van der Waals surface area contributed by atoms with Crippen LogP contribution in [0.3, 0.4) is 0 Å². The molecule has 0 unspecified atom stereocenters. The van der Waals surface area contributed by atoms with E-state index in [1.807, 2.05) is 81.7 Å². The predicted octanol–water partition coefficient (Wildman–Crippen LogP) is 6.60. The van der Waals surface area contributed by atoms with Gasteiger partial charge in [-0.15, -0.1) is 21.5 Å². The van der Waals surface area contributed by atoms with Gasteiger partial charge in [0.05, 0.1) is 33.9 Å². The summed E-state index contributed by atoms with van der Waals surface area (Å²) in [4.78, 5) is 43.4. The molecule has 0 spiro atoms. The summed E-state index contributed by atoms with van der Waals surface area (Å²) in [5.74, 6) is 0.578. The summed E-state index contributed by atoms with van der Waals surface area (Å²) in [5, 5.41) is 38.7. The summed E-state index contributed by atoms with van der Waals surface area (Å²) in [7, 11) is 0. The van der Waals surface area contributed by atoms with Crippen LogP contribution in [0.15, 0.2) is 70.7 Å². The van der Waals surface area contributed by atoms with Crippen molar-refractivity contribution >= 4 is 40.0 Å². The molecule has 61 heavy (non-hydrogen) atoms. The maximum absolute atomic E-state index is 14.3. The molecule has 6 aromatic rings. The number of aliphatic hydroxyl groups is 1. The number of phenolic OH excluding ortho intramolecular Hbond substituents is 1. The first-order chi connectivity index (χ1) is 29.5. The third kappa shape index (κ3) is 8.26. The number of nitrogens with zero attached hydrogens (tertiary/aromatic N) is 7. The zero-order valence-electron chi connectivity index (χ0n) is 35.0. The minimum absolute atomic E-state index is 0.0813. The number of hydrogen-bond acceptors (Lipinski definition) is 12. The molecule has 2 aromatic carbocycles. The number of benzene rings is 2. The normalized spacial score (nSPS) is 19.7. The fourth-order valence-corrected chi connectivity index (χ4v) is 10.3. The van der Waals surface area contributed by atoms with Gasteiger partial charge in [0, 0.05) is 74.8 Å². The van der Waals surface area contributed by atoms with E-state index in [1.165, 1.54) is 16.2 Å². The smallest absolute Gasteiger partial charge is 0.243 e. The Balaban J connectivity index is 0.809. The zero-order valence-corrected chi connectivity index (χ0v) is 35.9. The molecule has 4 aromatic heterocycles. The van der Waals surface area contributed by atoms with Crippen molar-refractivity contribution < 1.29 is 24.3 Å². The number of aromatic nitrogens is 5. The maximum atomic E-state index is 14.3. The van der Waals surface area contributed by atoms with Crippen molar-refractivity contribution in [3.8, 4) is 27.4 Å². The number of aromatic amines is 1. The molecule has 15 heteroatoms. The first-order valence-electron chi connectivity index (χ1n) is 21.4. The second-order valence-corrected chi connectivity index (χ2v) is 18.2. The lowest BCUT2D eigenvalue weighted by Gasteiger charge is -2.36. The number of anilines is 1. The van der Waals surface area contributed by atoms with Gasteiger partial charge < -0.3 is 34.8 Å². The summed E-state index contributed by atoms with van der Waals surface area (Å²) in [6, 6.07) is 18.1. The molecule has 2 saturated heterocycles. The van der Waals surface area contributed by atoms with Crippen LogP contribution in [0.2, 0.25) is 0 Å². The third-order valence-electron chi connectivity index (χ3n) is 12.8. The first-order valence-corrected chi connectivity index (χ1v) is 22.3. The van der Waals surface area contributed by atoms with E-state index in [0.717, 1.165) is 90.5 Å². The number of aliphatic hydroxyl groups excluding tert-OH is 1. The average Bonchev–Trinajstić information content (AvgIpc) is 4.07. The van der Waals surface area contributed by atoms with Gasteiger partial charge in [-0.25, -0.2) is 4.98 Å². The molecule has 4 N–H and O–H groups in total. The van der Waals surface area contributed by atoms with Crippen LogP contribution in [0.25, 0.3) is 32.7 Å². The summed E-state index contributed by atoms with van der Waals surface area (Å²) < 4.78 is 5.92. The Hall–Kier alpha value is -5.64. The molecule has 9 rings (SSSR count). The lowest BCUT2D eigenvalue weighted by atomic mass is 9.91. The van der Waals surface area contributed by atoms with E-state index >= 15 is 0 Å². The summed E-state index contributed by atoms with van der Waals surface area (Å²) >= 11 is 1.60. The molecule has 4 atom stereocenters. The molecule has 7 heterocycles. The number of piperidine rings is 1. The quantitative estimate of drug-likeness (QED) is 0.111. The number of nitrogens with one attached hydrogen (secondary N) is 2. The molecule has 2 fully saturated rings. The van der Waals surface area contributed by atoms with Crippen LogP contribution < -0.4 is 10.2 Å². The number of rotatable bonds is 11. The number of aromatic hydroxyl groups is 1. The van der Waals surface area contributed by atoms with Crippen LogP contribution in [-0.4, -0.2) is 102 Å². The van der Waals surface area contributed by atoms with Crippen molar-refractivity contribution in [3.05, 3.63) is 94.4 Å². The second-order valence-electron chi connectivity index (χ2n) is 17.3. The van der Waals surface area contributed by atoms with Gasteiger partial charge in [0.2, 0.25) is 11.8 Å². The Morgan fingerprint density at radius 1 is 1.03 bits per heavy atom. The fraction of sp³-hybridized carbons (Fsp3) is 0.435. The number of β-amino-alcohol motifs (C(OH)–C–C–N with tert-alkyl or cyclic N) is 1. The summed E-state index contributed by atoms with van der Waals surface area (Å²) in [5.41, 5.74) is 9.42. The Labute approximate surface area is 359 Å². The Morgan fingerprint density at radius 2 is 1.82 bits per heavy atom. The molecule has 318 valence electrons. The van der Waals surface area contributed by atoms with E-state index < -0.39 is 18.1 Å². The second kappa shape index (κ2) is 17.0. The van der Waals surface area contributed by atoms with E-state index in [4.69, 9.17) is 4.52 Å². The van der Waals surface area contributed by atoms with Crippen LogP contribution in [0, 0.1) is 18.8 Å². The van der Waals surface area contributed by atoms with Gasteiger partial charge >= 0.3 is 0 Å². The number of likely N-dealkylation sites (tertiary alicyclic amines) is 1. The number of para-hydroxylation sites is 1. The van der Waals surface area contributed by atoms with Gasteiger partial charge in [-0.05, 0) is 73.4 Å². The van der Waals surface area contributed by atoms with E-state index in [9.17, 15) is 19.8 Å². The molecule has 3 aliphatic heterocycles. The number of amides is 2. The predicted molar refractivity (Wildman–Crippen MR) is 234 cm³/mol. The van der Waals surface area contributed by atoms with Gasteiger partial charge in [0.1, 0.15) is 17.7 Å². The lowest BCUT2D eigenvalue weighted by Crippen LogP contribution is -2.48. The molecule has 14 nitrogen and oxygen atoms in total. The number of fused-ring (bicyclic) bond motifs is 3. The SMILES string of the molecule is Cc1ncsc1-c1ccc([C@H](C)NC(=O)[C@@H]2C[C@@H](O)CN2C(=O)[C@@H](c2cc(N3CCC(CN4CCc5[nH]c6nnc(-c7ccccc7O)cc6c5C4)CC3)no2)C(C)C)cc1. The van der Waals surface area contributed by atoms with Gasteiger partial charge in [0.25, 0.3) is 0 Å². The van der Waals surface area contributed by atoms with Crippen LogP contribution in [0.1, 0.15) is 80.3 Å². The van der Waals surface area contributed by atoms with E-state index in [-0.39, 0.29) is 42.5 Å². The lowest BCUT2D eigenvalue weighted by molar-refractivity contribution is -0.141. The van der Waals surface area contributed by atoms with Crippen LogP contribution in [0.5, 0.6) is 5.75 Å². The largest absolute Gasteiger partial charge is 0.507 e. The van der Waals surface area contributed by atoms with Crippen molar-refractivity contribution in [2.24, 2.45) is 11.8 Å². The highest BCUT2D eigenvalue weighted by Gasteiger charge is 2.44. The van der Waals surface area contributed by atoms with Crippen molar-refractivity contribution in [2.45, 2.75) is 84.0 Å². The average molecular weight is 844 g/mol. The summed E-state index contributed by atoms with van der Waals surface area (Å²) in [6.45, 7) is 12.4. The molecule has 0 aliphatic carbocycles. The monoisotopic (exact) mass is 843 g/mol. The molecule has 0 bridgehead atoms. The topological polar surface area (TPSA) is 177 Å². The Morgan fingerprint density at radius 3 is 2.56 bits per heavy atom. The van der Waals surface area contributed by atoms with Gasteiger partial charge in [-0.3, -0.25) is 14.5 Å². The number of carbonyl (C=O) groups is 2.